The van der Waals surface area contributed by atoms with Crippen LogP contribution in [0.2, 0.25) is 10.0 Å². The Hall–Kier alpha value is -2.59. The van der Waals surface area contributed by atoms with E-state index in [0.717, 1.165) is 21.9 Å². The number of thiazole rings is 1. The highest BCUT2D eigenvalue weighted by molar-refractivity contribution is 8.00. The molecule has 1 aromatic heterocycles. The molecule has 1 saturated heterocycles. The molecule has 1 N–H and O–H groups in total. The van der Waals surface area contributed by atoms with E-state index in [1.54, 1.807) is 49.0 Å². The number of esters is 1. The zero-order valence-corrected chi connectivity index (χ0v) is 23.7. The van der Waals surface area contributed by atoms with Crippen LogP contribution in [0.4, 0.5) is 5.69 Å². The van der Waals surface area contributed by atoms with Gasteiger partial charge < -0.3 is 9.72 Å². The molecule has 7 atom stereocenters. The average molecular weight is 602 g/mol. The van der Waals surface area contributed by atoms with E-state index >= 15 is 0 Å². The van der Waals surface area contributed by atoms with Crippen molar-refractivity contribution in [3.63, 3.8) is 0 Å². The maximum Gasteiger partial charge on any atom is 0.338 e. The van der Waals surface area contributed by atoms with Gasteiger partial charge >= 0.3 is 10.8 Å². The Morgan fingerprint density at radius 1 is 1.05 bits per heavy atom. The molecule has 6 unspecified atom stereocenters. The average Bonchev–Trinajstić information content (AvgIpc) is 3.65. The number of ether oxygens (including phenoxy) is 1. The van der Waals surface area contributed by atoms with Crippen LogP contribution < -0.4 is 9.77 Å². The van der Waals surface area contributed by atoms with Gasteiger partial charge in [-0.25, -0.2) is 4.79 Å². The Morgan fingerprint density at radius 2 is 1.77 bits per heavy atom. The fourth-order valence-electron chi connectivity index (χ4n) is 7.34. The van der Waals surface area contributed by atoms with Gasteiger partial charge in [0.15, 0.2) is 0 Å². The van der Waals surface area contributed by atoms with E-state index in [9.17, 15) is 19.2 Å². The molecule has 2 aliphatic carbocycles. The number of halogens is 2. The number of benzene rings is 2. The number of anilines is 1. The Morgan fingerprint density at radius 3 is 2.49 bits per heavy atom. The van der Waals surface area contributed by atoms with Crippen molar-refractivity contribution in [2.45, 2.75) is 29.5 Å². The van der Waals surface area contributed by atoms with Crippen LogP contribution in [0.25, 0.3) is 0 Å². The molecule has 200 valence electrons. The number of nitrogens with zero attached hydrogens (tertiary/aromatic N) is 1. The molecule has 2 saturated carbocycles. The molecule has 39 heavy (non-hydrogen) atoms. The SMILES string of the molecule is CCOC(=O)c1ccc(N2C(=O)C3C4CC(C3C2=O)C2C4Sc3[nH]c(=O)sc3[C@@H]2c2cccc(Cl)c2Cl)cc1. The number of hydrogen-bond acceptors (Lipinski definition) is 7. The van der Waals surface area contributed by atoms with Gasteiger partial charge in [-0.1, -0.05) is 46.7 Å². The first-order chi connectivity index (χ1) is 18.8. The molecule has 3 aromatic rings. The highest BCUT2D eigenvalue weighted by atomic mass is 35.5. The summed E-state index contributed by atoms with van der Waals surface area (Å²) in [6.07, 6.45) is 0.776. The van der Waals surface area contributed by atoms with Crippen LogP contribution in [-0.4, -0.2) is 34.6 Å². The lowest BCUT2D eigenvalue weighted by Gasteiger charge is -2.43. The number of amides is 2. The Balaban J connectivity index is 1.27. The molecule has 7 nitrogen and oxygen atoms in total. The molecule has 2 aliphatic heterocycles. The van der Waals surface area contributed by atoms with Gasteiger partial charge in [0.2, 0.25) is 11.8 Å². The normalized spacial score (nSPS) is 30.3. The lowest BCUT2D eigenvalue weighted by molar-refractivity contribution is -0.123. The summed E-state index contributed by atoms with van der Waals surface area (Å²) >= 11 is 16.0. The second-order valence-electron chi connectivity index (χ2n) is 10.4. The minimum atomic E-state index is -0.449. The summed E-state index contributed by atoms with van der Waals surface area (Å²) in [6, 6.07) is 12.0. The molecule has 2 bridgehead atoms. The van der Waals surface area contributed by atoms with E-state index in [-0.39, 0.29) is 52.2 Å². The summed E-state index contributed by atoms with van der Waals surface area (Å²) in [4.78, 5) is 57.3. The van der Waals surface area contributed by atoms with Crippen LogP contribution in [-0.2, 0) is 14.3 Å². The number of thioether (sulfide) groups is 1. The van der Waals surface area contributed by atoms with E-state index in [1.807, 2.05) is 12.1 Å². The highest BCUT2D eigenvalue weighted by Crippen LogP contribution is 2.69. The molecule has 7 rings (SSSR count). The summed E-state index contributed by atoms with van der Waals surface area (Å²) < 4.78 is 5.05. The van der Waals surface area contributed by atoms with Crippen molar-refractivity contribution in [1.82, 2.24) is 4.98 Å². The monoisotopic (exact) mass is 600 g/mol. The number of hydrogen-bond donors (Lipinski definition) is 1. The zero-order chi connectivity index (χ0) is 27.2. The van der Waals surface area contributed by atoms with Crippen molar-refractivity contribution < 1.29 is 19.1 Å². The number of imide groups is 1. The van der Waals surface area contributed by atoms with E-state index in [1.165, 1.54) is 16.2 Å². The first-order valence-corrected chi connectivity index (χ1v) is 15.2. The number of fused-ring (bicyclic) bond motifs is 9. The van der Waals surface area contributed by atoms with Crippen LogP contribution in [0, 0.1) is 29.6 Å². The Bertz CT molecular complexity index is 1600. The smallest absolute Gasteiger partial charge is 0.338 e. The molecule has 11 heteroatoms. The van der Waals surface area contributed by atoms with Crippen LogP contribution in [0.3, 0.4) is 0 Å². The second-order valence-corrected chi connectivity index (χ2v) is 13.4. The van der Waals surface area contributed by atoms with Crippen molar-refractivity contribution in [3.05, 3.63) is 78.2 Å². The van der Waals surface area contributed by atoms with Crippen molar-refractivity contribution in [3.8, 4) is 0 Å². The molecular formula is C28H22Cl2N2O5S2. The summed E-state index contributed by atoms with van der Waals surface area (Å²) in [5.41, 5.74) is 1.67. The summed E-state index contributed by atoms with van der Waals surface area (Å²) in [7, 11) is 0. The molecule has 0 radical (unpaired) electrons. The molecule has 4 aliphatic rings. The lowest BCUT2D eigenvalue weighted by atomic mass is 9.68. The lowest BCUT2D eigenvalue weighted by Crippen LogP contribution is -2.42. The minimum Gasteiger partial charge on any atom is -0.462 e. The fraction of sp³-hybridized carbons (Fsp3) is 0.357. The largest absolute Gasteiger partial charge is 0.462 e. The number of nitrogens with one attached hydrogen (secondary N) is 1. The van der Waals surface area contributed by atoms with Crippen molar-refractivity contribution in [2.75, 3.05) is 11.5 Å². The van der Waals surface area contributed by atoms with Gasteiger partial charge in [-0.05, 0) is 67.0 Å². The van der Waals surface area contributed by atoms with Crippen LogP contribution in [0.5, 0.6) is 0 Å². The third-order valence-corrected chi connectivity index (χ3v) is 12.1. The molecule has 2 aromatic carbocycles. The maximum atomic E-state index is 13.9. The number of rotatable bonds is 4. The van der Waals surface area contributed by atoms with E-state index < -0.39 is 17.8 Å². The predicted molar refractivity (Wildman–Crippen MR) is 150 cm³/mol. The Labute approximate surface area is 241 Å². The number of aromatic nitrogens is 1. The van der Waals surface area contributed by atoms with Gasteiger partial charge in [-0.2, -0.15) is 0 Å². The topological polar surface area (TPSA) is 96.5 Å². The first kappa shape index (κ1) is 25.4. The maximum absolute atomic E-state index is 13.9. The third kappa shape index (κ3) is 3.63. The third-order valence-electron chi connectivity index (χ3n) is 8.68. The van der Waals surface area contributed by atoms with E-state index in [4.69, 9.17) is 27.9 Å². The molecule has 2 amide bonds. The zero-order valence-electron chi connectivity index (χ0n) is 20.6. The van der Waals surface area contributed by atoms with Gasteiger partial charge in [0, 0.05) is 16.0 Å². The van der Waals surface area contributed by atoms with Gasteiger partial charge in [0.05, 0.1) is 44.8 Å². The molecular weight excluding hydrogens is 579 g/mol. The summed E-state index contributed by atoms with van der Waals surface area (Å²) in [5, 5.41) is 1.77. The van der Waals surface area contributed by atoms with Crippen LogP contribution >= 0.6 is 46.3 Å². The summed E-state index contributed by atoms with van der Waals surface area (Å²) in [6.45, 7) is 2.00. The standard InChI is InChI=1S/C28H22Cl2N2O5S2/c1-2-37-27(35)11-6-8-12(9-7-11)32-25(33)19-14-10-15(20(19)26(32)34)22-18(14)17(13-4-3-5-16(29)21(13)30)23-24(38-22)31-28(36)39-23/h3-9,14-15,17-20,22H,2,10H2,1H3,(H,31,36)/t14?,15?,17-,18?,19?,20?,22?/m1/s1. The quantitative estimate of drug-likeness (QED) is 0.309. The van der Waals surface area contributed by atoms with Crippen LogP contribution in [0.1, 0.15) is 40.1 Å². The number of carbonyl (C=O) groups excluding carboxylic acids is 3. The number of H-pyrrole nitrogens is 1. The molecule has 3 fully saturated rings. The highest BCUT2D eigenvalue weighted by Gasteiger charge is 2.69. The predicted octanol–water partition coefficient (Wildman–Crippen LogP) is 5.60. The van der Waals surface area contributed by atoms with E-state index in [0.29, 0.717) is 21.3 Å². The minimum absolute atomic E-state index is 0.00716. The van der Waals surface area contributed by atoms with Crippen LogP contribution in [0.15, 0.2) is 52.3 Å². The summed E-state index contributed by atoms with van der Waals surface area (Å²) in [5.74, 6) is -1.91. The molecule has 3 heterocycles. The first-order valence-electron chi connectivity index (χ1n) is 12.8. The van der Waals surface area contributed by atoms with Gasteiger partial charge in [0.25, 0.3) is 0 Å². The number of aromatic amines is 1. The Kier molecular flexibility index (Phi) is 6.01. The van der Waals surface area contributed by atoms with Gasteiger partial charge in [0.1, 0.15) is 0 Å². The molecule has 0 spiro atoms. The fourth-order valence-corrected chi connectivity index (χ4v) is 10.6. The second kappa shape index (κ2) is 9.23. The number of carbonyl (C=O) groups is 3. The van der Waals surface area contributed by atoms with Gasteiger partial charge in [-0.15, -0.1) is 11.8 Å². The van der Waals surface area contributed by atoms with Crippen molar-refractivity contribution >= 4 is 69.8 Å². The van der Waals surface area contributed by atoms with Crippen molar-refractivity contribution in [2.24, 2.45) is 29.6 Å². The van der Waals surface area contributed by atoms with Crippen molar-refractivity contribution in [1.29, 1.82) is 0 Å². The van der Waals surface area contributed by atoms with E-state index in [2.05, 4.69) is 4.98 Å². The van der Waals surface area contributed by atoms with Gasteiger partial charge in [-0.3, -0.25) is 19.3 Å².